The first-order valence-corrected chi connectivity index (χ1v) is 12.8. The van der Waals surface area contributed by atoms with Crippen molar-refractivity contribution in [2.45, 2.75) is 0 Å². The fraction of sp³-hybridized carbons (Fsp3) is 0.107. The maximum absolute atomic E-state index is 13.6. The molecule has 0 bridgehead atoms. The average molecular weight is 577 g/mol. The Morgan fingerprint density at radius 1 is 1.10 bits per heavy atom. The number of benzene rings is 3. The smallest absolute Gasteiger partial charge is 0.270 e. The van der Waals surface area contributed by atoms with Gasteiger partial charge in [-0.15, -0.1) is 11.3 Å². The molecule has 3 aromatic carbocycles. The second-order valence-electron chi connectivity index (χ2n) is 8.09. The number of ketones is 1. The topological polar surface area (TPSA) is 137 Å². The van der Waals surface area contributed by atoms with Gasteiger partial charge >= 0.3 is 0 Å². The van der Waals surface area contributed by atoms with E-state index in [4.69, 9.17) is 25.8 Å². The van der Waals surface area contributed by atoms with E-state index in [1.807, 2.05) is 0 Å². The lowest BCUT2D eigenvalue weighted by molar-refractivity contribution is -0.384. The number of ether oxygens (including phenoxy) is 3. The highest BCUT2D eigenvalue weighted by molar-refractivity contribution is 7.11. The number of carbonyl (C=O) groups excluding carboxylic acids is 1. The predicted octanol–water partition coefficient (Wildman–Crippen LogP) is 6.61. The van der Waals surface area contributed by atoms with Crippen LogP contribution in [0, 0.1) is 21.4 Å². The molecule has 0 aliphatic heterocycles. The zero-order valence-corrected chi connectivity index (χ0v) is 23.0. The van der Waals surface area contributed by atoms with E-state index >= 15 is 0 Å². The molecule has 1 aromatic heterocycles. The van der Waals surface area contributed by atoms with Crippen LogP contribution in [-0.4, -0.2) is 37.0 Å². The maximum Gasteiger partial charge on any atom is 0.270 e. The van der Waals surface area contributed by atoms with Gasteiger partial charge in [-0.3, -0.25) is 14.9 Å². The minimum atomic E-state index is -0.482. The normalized spacial score (nSPS) is 10.9. The number of nitrogens with zero attached hydrogens (tertiary/aromatic N) is 3. The number of hydrogen-bond acceptors (Lipinski definition) is 10. The Morgan fingerprint density at radius 3 is 2.45 bits per heavy atom. The second-order valence-corrected chi connectivity index (χ2v) is 9.39. The number of nitro groups is 1. The summed E-state index contributed by atoms with van der Waals surface area (Å²) >= 11 is 7.43. The Balaban J connectivity index is 1.66. The Hall–Kier alpha value is -4.92. The molecule has 0 saturated carbocycles. The Labute approximate surface area is 238 Å². The van der Waals surface area contributed by atoms with Crippen molar-refractivity contribution in [2.75, 3.05) is 26.6 Å². The molecule has 0 amide bonds. The zero-order chi connectivity index (χ0) is 28.8. The van der Waals surface area contributed by atoms with Gasteiger partial charge < -0.3 is 19.5 Å². The predicted molar refractivity (Wildman–Crippen MR) is 152 cm³/mol. The zero-order valence-electron chi connectivity index (χ0n) is 21.4. The SMILES string of the molecule is COc1cc(C(=O)c2cc(Cl)ccc2N/C=C(\C#N)c2nc(-c3cccc([N+](=O)[O-])c3)cs2)cc(OC)c1OC. The second kappa shape index (κ2) is 12.3. The lowest BCUT2D eigenvalue weighted by Crippen LogP contribution is -2.07. The van der Waals surface area contributed by atoms with E-state index in [2.05, 4.69) is 16.4 Å². The molecule has 1 heterocycles. The molecule has 10 nitrogen and oxygen atoms in total. The standard InChI is InChI=1S/C28H21ClN4O6S/c1-37-24-10-17(11-25(38-2)27(24)39-3)26(34)21-12-19(29)7-8-22(21)31-14-18(13-30)28-32-23(15-40-28)16-5-4-6-20(9-16)33(35)36/h4-12,14-15,31H,1-3H3/b18-14+. The number of nitrogens with one attached hydrogen (secondary N) is 1. The van der Waals surface area contributed by atoms with Crippen LogP contribution in [0.1, 0.15) is 20.9 Å². The lowest BCUT2D eigenvalue weighted by atomic mass is 10.0. The van der Waals surface area contributed by atoms with Gasteiger partial charge in [-0.1, -0.05) is 23.7 Å². The van der Waals surface area contributed by atoms with Gasteiger partial charge in [0, 0.05) is 51.1 Å². The highest BCUT2D eigenvalue weighted by Gasteiger charge is 2.21. The maximum atomic E-state index is 13.6. The molecule has 0 saturated heterocycles. The summed E-state index contributed by atoms with van der Waals surface area (Å²) in [5, 5.41) is 26.4. The van der Waals surface area contributed by atoms with E-state index < -0.39 is 4.92 Å². The summed E-state index contributed by atoms with van der Waals surface area (Å²) in [6.07, 6.45) is 1.44. The van der Waals surface area contributed by atoms with Crippen LogP contribution in [0.5, 0.6) is 17.2 Å². The van der Waals surface area contributed by atoms with E-state index in [9.17, 15) is 20.2 Å². The number of nitro benzene ring substituents is 1. The average Bonchev–Trinajstić information content (AvgIpc) is 3.47. The molecule has 0 aliphatic rings. The summed E-state index contributed by atoms with van der Waals surface area (Å²) in [5.74, 6) is 0.604. The number of hydrogen-bond donors (Lipinski definition) is 1. The highest BCUT2D eigenvalue weighted by Crippen LogP contribution is 2.39. The number of non-ortho nitro benzene ring substituents is 1. The van der Waals surface area contributed by atoms with E-state index in [1.165, 1.54) is 69.2 Å². The molecule has 4 rings (SSSR count). The number of methoxy groups -OCH3 is 3. The van der Waals surface area contributed by atoms with Crippen LogP contribution in [0.4, 0.5) is 11.4 Å². The van der Waals surface area contributed by atoms with E-state index in [1.54, 1.807) is 29.6 Å². The number of thiazole rings is 1. The minimum absolute atomic E-state index is 0.0585. The number of rotatable bonds is 10. The molecule has 202 valence electrons. The summed E-state index contributed by atoms with van der Waals surface area (Å²) in [5.41, 5.74) is 2.09. The summed E-state index contributed by atoms with van der Waals surface area (Å²) in [6, 6.07) is 16.0. The summed E-state index contributed by atoms with van der Waals surface area (Å²) in [4.78, 5) is 28.7. The van der Waals surface area contributed by atoms with Crippen LogP contribution in [0.15, 0.2) is 66.2 Å². The van der Waals surface area contributed by atoms with Crippen molar-refractivity contribution in [1.29, 1.82) is 5.26 Å². The third-order valence-electron chi connectivity index (χ3n) is 5.73. The van der Waals surface area contributed by atoms with Crippen LogP contribution in [-0.2, 0) is 0 Å². The van der Waals surface area contributed by atoms with Gasteiger partial charge in [0.2, 0.25) is 5.75 Å². The van der Waals surface area contributed by atoms with Gasteiger partial charge in [0.05, 0.1) is 31.9 Å². The van der Waals surface area contributed by atoms with Crippen molar-refractivity contribution in [1.82, 2.24) is 4.98 Å². The van der Waals surface area contributed by atoms with Gasteiger partial charge in [-0.2, -0.15) is 5.26 Å². The minimum Gasteiger partial charge on any atom is -0.493 e. The molecular formula is C28H21ClN4O6S. The number of nitriles is 1. The van der Waals surface area contributed by atoms with Gasteiger partial charge in [-0.05, 0) is 30.3 Å². The molecule has 0 unspecified atom stereocenters. The highest BCUT2D eigenvalue weighted by atomic mass is 35.5. The Bertz CT molecular complexity index is 1650. The molecule has 0 atom stereocenters. The first-order chi connectivity index (χ1) is 19.3. The first-order valence-electron chi connectivity index (χ1n) is 11.5. The number of halogens is 1. The van der Waals surface area contributed by atoms with Crippen molar-refractivity contribution >= 4 is 45.7 Å². The van der Waals surface area contributed by atoms with Crippen molar-refractivity contribution in [3.8, 4) is 34.6 Å². The number of carbonyl (C=O) groups is 1. The molecular weight excluding hydrogens is 556 g/mol. The molecule has 0 radical (unpaired) electrons. The molecule has 1 N–H and O–H groups in total. The summed E-state index contributed by atoms with van der Waals surface area (Å²) in [6.45, 7) is 0. The monoisotopic (exact) mass is 576 g/mol. The van der Waals surface area contributed by atoms with Gasteiger partial charge in [-0.25, -0.2) is 4.98 Å². The Morgan fingerprint density at radius 2 is 1.82 bits per heavy atom. The van der Waals surface area contributed by atoms with Crippen LogP contribution in [0.25, 0.3) is 16.8 Å². The number of anilines is 1. The molecule has 0 aliphatic carbocycles. The van der Waals surface area contributed by atoms with Crippen LogP contribution < -0.4 is 19.5 Å². The van der Waals surface area contributed by atoms with Crippen molar-refractivity contribution in [2.24, 2.45) is 0 Å². The van der Waals surface area contributed by atoms with Gasteiger partial charge in [0.25, 0.3) is 5.69 Å². The molecule has 0 spiro atoms. The van der Waals surface area contributed by atoms with Crippen molar-refractivity contribution in [3.05, 3.63) is 97.4 Å². The first kappa shape index (κ1) is 28.1. The fourth-order valence-electron chi connectivity index (χ4n) is 3.80. The third-order valence-corrected chi connectivity index (χ3v) is 6.84. The van der Waals surface area contributed by atoms with Crippen LogP contribution >= 0.6 is 22.9 Å². The van der Waals surface area contributed by atoms with Crippen LogP contribution in [0.3, 0.4) is 0 Å². The van der Waals surface area contributed by atoms with Crippen molar-refractivity contribution in [3.63, 3.8) is 0 Å². The molecule has 12 heteroatoms. The number of aromatic nitrogens is 1. The molecule has 40 heavy (non-hydrogen) atoms. The molecule has 4 aromatic rings. The van der Waals surface area contributed by atoms with E-state index in [0.717, 1.165) is 0 Å². The van der Waals surface area contributed by atoms with E-state index in [-0.39, 0.29) is 28.2 Å². The number of allylic oxidation sites excluding steroid dienone is 1. The van der Waals surface area contributed by atoms with Gasteiger partial charge in [0.1, 0.15) is 16.6 Å². The molecule has 0 fully saturated rings. The third kappa shape index (κ3) is 5.88. The fourth-order valence-corrected chi connectivity index (χ4v) is 4.77. The summed E-state index contributed by atoms with van der Waals surface area (Å²) < 4.78 is 16.1. The van der Waals surface area contributed by atoms with Crippen molar-refractivity contribution < 1.29 is 23.9 Å². The summed E-state index contributed by atoms with van der Waals surface area (Å²) in [7, 11) is 4.37. The van der Waals surface area contributed by atoms with Gasteiger partial charge in [0.15, 0.2) is 17.3 Å². The largest absolute Gasteiger partial charge is 0.493 e. The Kier molecular flexibility index (Phi) is 8.63. The van der Waals surface area contributed by atoms with E-state index in [0.29, 0.717) is 44.2 Å². The lowest BCUT2D eigenvalue weighted by Gasteiger charge is -2.15. The quantitative estimate of drug-likeness (QED) is 0.0957. The van der Waals surface area contributed by atoms with Crippen LogP contribution in [0.2, 0.25) is 5.02 Å².